The molecule has 8 atom stereocenters. The van der Waals surface area contributed by atoms with Crippen LogP contribution in [-0.4, -0.2) is 110 Å². The molecule has 12 heteroatoms. The van der Waals surface area contributed by atoms with Crippen molar-refractivity contribution in [3.63, 3.8) is 0 Å². The van der Waals surface area contributed by atoms with Gasteiger partial charge in [-0.25, -0.2) is 0 Å². The third kappa shape index (κ3) is 10.2. The zero-order valence-corrected chi connectivity index (χ0v) is 42.1. The van der Waals surface area contributed by atoms with Crippen LogP contribution in [0.5, 0.6) is 0 Å². The lowest BCUT2D eigenvalue weighted by Gasteiger charge is -2.33. The van der Waals surface area contributed by atoms with E-state index in [0.717, 1.165) is 129 Å². The summed E-state index contributed by atoms with van der Waals surface area (Å²) in [6.07, 6.45) is 24.9. The van der Waals surface area contributed by atoms with Gasteiger partial charge >= 0.3 is 0 Å². The maximum absolute atomic E-state index is 13.9. The van der Waals surface area contributed by atoms with Crippen LogP contribution in [0.4, 0.5) is 0 Å². The summed E-state index contributed by atoms with van der Waals surface area (Å²) in [5.41, 5.74) is 5.70. The van der Waals surface area contributed by atoms with E-state index >= 15 is 0 Å². The first-order chi connectivity index (χ1) is 34.2. The Morgan fingerprint density at radius 2 is 0.900 bits per heavy atom. The Hall–Kier alpha value is -3.84. The van der Waals surface area contributed by atoms with E-state index in [-0.39, 0.29) is 70.7 Å². The molecule has 0 bridgehead atoms. The molecule has 6 N–H and O–H groups in total. The lowest BCUT2D eigenvalue weighted by molar-refractivity contribution is -0.140. The Bertz CT molecular complexity index is 2020. The summed E-state index contributed by atoms with van der Waals surface area (Å²) in [5, 5.41) is 20.8. The molecule has 2 saturated carbocycles. The minimum absolute atomic E-state index is 0.0629. The van der Waals surface area contributed by atoms with Gasteiger partial charge in [0.1, 0.15) is 12.1 Å². The number of likely N-dealkylation sites (tertiary alicyclic amines) is 2. The van der Waals surface area contributed by atoms with Gasteiger partial charge in [0.25, 0.3) is 0 Å². The zero-order valence-electron chi connectivity index (χ0n) is 42.1. The van der Waals surface area contributed by atoms with E-state index in [9.17, 15) is 19.2 Å². The molecular weight excluding hydrogens is 873 g/mol. The fourth-order valence-corrected chi connectivity index (χ4v) is 15.8. The first-order valence-electron chi connectivity index (χ1n) is 28.5. The first kappa shape index (κ1) is 48.4. The summed E-state index contributed by atoms with van der Waals surface area (Å²) < 4.78 is 0. The minimum Gasteiger partial charge on any atom is -0.347 e. The van der Waals surface area contributed by atoms with Gasteiger partial charge in [0, 0.05) is 26.2 Å². The van der Waals surface area contributed by atoms with E-state index in [4.69, 9.17) is 0 Å². The molecule has 0 radical (unpaired) electrons. The lowest BCUT2D eigenvalue weighted by atomic mass is 9.77. The number of amides is 4. The van der Waals surface area contributed by atoms with E-state index in [0.29, 0.717) is 23.7 Å². The Labute approximate surface area is 418 Å². The van der Waals surface area contributed by atoms with Crippen molar-refractivity contribution in [2.24, 2.45) is 34.5 Å². The fraction of sp³-hybridized carbons (Fsp3) is 0.724. The van der Waals surface area contributed by atoms with Crippen molar-refractivity contribution in [1.82, 2.24) is 41.7 Å². The molecule has 12 nitrogen and oxygen atoms in total. The highest BCUT2D eigenvalue weighted by atomic mass is 16.2. The topological polar surface area (TPSA) is 147 Å². The number of piperidine rings is 2. The van der Waals surface area contributed by atoms with Gasteiger partial charge in [0.15, 0.2) is 0 Å². The zero-order chi connectivity index (χ0) is 47.7. The van der Waals surface area contributed by atoms with Crippen molar-refractivity contribution in [3.05, 3.63) is 70.8 Å². The quantitative estimate of drug-likeness (QED) is 0.173. The highest BCUT2D eigenvalue weighted by Gasteiger charge is 2.51. The Balaban J connectivity index is 0.000000152. The van der Waals surface area contributed by atoms with E-state index in [1.54, 1.807) is 0 Å². The van der Waals surface area contributed by atoms with Crippen LogP contribution in [0.3, 0.4) is 0 Å². The number of nitrogens with zero attached hydrogens (tertiary/aromatic N) is 2. The largest absolute Gasteiger partial charge is 0.347 e. The van der Waals surface area contributed by atoms with E-state index in [1.807, 2.05) is 9.80 Å². The normalized spacial score (nSPS) is 32.6. The van der Waals surface area contributed by atoms with Crippen molar-refractivity contribution in [3.8, 4) is 0 Å². The highest BCUT2D eigenvalue weighted by molar-refractivity contribution is 5.92. The summed E-state index contributed by atoms with van der Waals surface area (Å²) in [6.45, 7) is 7.56. The second-order valence-corrected chi connectivity index (χ2v) is 24.2. The van der Waals surface area contributed by atoms with Crippen LogP contribution < -0.4 is 31.9 Å². The summed E-state index contributed by atoms with van der Waals surface area (Å²) in [6, 6.07) is 16.2. The standard InChI is InChI=1S/2C29H42N4O2/c2*34-27(32-24-11-10-21-8-4-5-9-23(21)24)26-16-22(20-6-2-1-3-7-20)18-33(26)28(35)25-17-29(19-31-25)12-14-30-15-13-29/h2*4-5,8-9,20,22,24-26,30-31H,1-3,6-7,10-19H2,(H,32,34)/t22-,24-,25+,26+;22-,24-,25-,26+/m11/s1. The number of carbonyl (C=O) groups excluding carboxylic acids is 4. The minimum atomic E-state index is -0.325. The van der Waals surface area contributed by atoms with Crippen molar-refractivity contribution >= 4 is 23.6 Å². The third-order valence-electron chi connectivity index (χ3n) is 20.0. The van der Waals surface area contributed by atoms with Crippen LogP contribution in [0.1, 0.15) is 163 Å². The number of rotatable bonds is 8. The fourth-order valence-electron chi connectivity index (χ4n) is 15.8. The van der Waals surface area contributed by atoms with Gasteiger partial charge in [-0.3, -0.25) is 19.2 Å². The summed E-state index contributed by atoms with van der Waals surface area (Å²) in [7, 11) is 0. The predicted molar refractivity (Wildman–Crippen MR) is 274 cm³/mol. The van der Waals surface area contributed by atoms with E-state index < -0.39 is 0 Å². The third-order valence-corrected chi connectivity index (χ3v) is 20.0. The number of carbonyl (C=O) groups is 4. The Kier molecular flexibility index (Phi) is 14.8. The molecule has 6 heterocycles. The van der Waals surface area contributed by atoms with Gasteiger partial charge in [-0.15, -0.1) is 0 Å². The van der Waals surface area contributed by atoms with Crippen molar-refractivity contribution < 1.29 is 19.2 Å². The van der Waals surface area contributed by atoms with Crippen LogP contribution in [0.25, 0.3) is 0 Å². The molecule has 10 aliphatic rings. The second kappa shape index (κ2) is 21.3. The van der Waals surface area contributed by atoms with Gasteiger partial charge in [-0.1, -0.05) is 113 Å². The molecule has 380 valence electrons. The SMILES string of the molecule is O=C(N[C@@H]1CCc2ccccc21)[C@@H]1C[C@@H](C2CCCCC2)CN1C(=O)[C@@H]1CC2(CCNCC2)CN1.O=C(N[C@@H]1CCc2ccccc21)[C@@H]1C[C@@H](C2CCCCC2)CN1C(=O)[C@H]1CC2(CCNCC2)CN1. The van der Waals surface area contributed by atoms with Gasteiger partial charge < -0.3 is 41.7 Å². The molecular formula is C58H84N8O4. The summed E-state index contributed by atoms with van der Waals surface area (Å²) in [5.74, 6) is 2.71. The van der Waals surface area contributed by atoms with Crippen molar-refractivity contribution in [1.29, 1.82) is 0 Å². The highest BCUT2D eigenvalue weighted by Crippen LogP contribution is 2.44. The molecule has 6 aliphatic heterocycles. The molecule has 2 aromatic carbocycles. The van der Waals surface area contributed by atoms with Crippen LogP contribution in [0.2, 0.25) is 0 Å². The van der Waals surface area contributed by atoms with Gasteiger partial charge in [0.2, 0.25) is 23.6 Å². The molecule has 70 heavy (non-hydrogen) atoms. The Morgan fingerprint density at radius 1 is 0.500 bits per heavy atom. The molecule has 12 rings (SSSR count). The Morgan fingerprint density at radius 3 is 1.31 bits per heavy atom. The van der Waals surface area contributed by atoms with Crippen molar-refractivity contribution in [2.75, 3.05) is 52.4 Å². The predicted octanol–water partition coefficient (Wildman–Crippen LogP) is 6.64. The lowest BCUT2D eigenvalue weighted by Crippen LogP contribution is -2.51. The monoisotopic (exact) mass is 957 g/mol. The first-order valence-corrected chi connectivity index (χ1v) is 28.5. The number of nitrogens with one attached hydrogen (secondary N) is 6. The molecule has 4 amide bonds. The number of hydrogen-bond acceptors (Lipinski definition) is 8. The molecule has 6 saturated heterocycles. The molecule has 0 aromatic heterocycles. The van der Waals surface area contributed by atoms with Gasteiger partial charge in [-0.05, 0) is 160 Å². The number of aryl methyl sites for hydroxylation is 2. The molecule has 2 aromatic rings. The number of hydrogen-bond donors (Lipinski definition) is 6. The second-order valence-electron chi connectivity index (χ2n) is 24.2. The maximum Gasteiger partial charge on any atom is 0.243 e. The van der Waals surface area contributed by atoms with Crippen LogP contribution in [-0.2, 0) is 32.0 Å². The van der Waals surface area contributed by atoms with E-state index in [1.165, 1.54) is 86.5 Å². The molecule has 2 spiro atoms. The number of benzene rings is 2. The number of fused-ring (bicyclic) bond motifs is 2. The molecule has 8 fully saturated rings. The summed E-state index contributed by atoms with van der Waals surface area (Å²) >= 11 is 0. The van der Waals surface area contributed by atoms with Crippen LogP contribution in [0, 0.1) is 34.5 Å². The van der Waals surface area contributed by atoms with E-state index in [2.05, 4.69) is 80.4 Å². The average molecular weight is 957 g/mol. The molecule has 4 aliphatic carbocycles. The van der Waals surface area contributed by atoms with Crippen LogP contribution in [0.15, 0.2) is 48.5 Å². The smallest absolute Gasteiger partial charge is 0.243 e. The van der Waals surface area contributed by atoms with Crippen molar-refractivity contribution in [2.45, 2.75) is 178 Å². The summed E-state index contributed by atoms with van der Waals surface area (Å²) in [4.78, 5) is 59.3. The van der Waals surface area contributed by atoms with Gasteiger partial charge in [-0.2, -0.15) is 0 Å². The van der Waals surface area contributed by atoms with Gasteiger partial charge in [0.05, 0.1) is 24.2 Å². The average Bonchev–Trinajstić information content (AvgIpc) is 4.29. The maximum atomic E-state index is 13.9. The van der Waals surface area contributed by atoms with Crippen LogP contribution >= 0.6 is 0 Å². The molecule has 0 unspecified atom stereocenters.